The number of rotatable bonds is 6. The van der Waals surface area contributed by atoms with Gasteiger partial charge < -0.3 is 19.2 Å². The first-order chi connectivity index (χ1) is 13.7. The van der Waals surface area contributed by atoms with Crippen molar-refractivity contribution in [1.82, 2.24) is 4.90 Å². The summed E-state index contributed by atoms with van der Waals surface area (Å²) in [6.07, 6.45) is 4.08. The fraction of sp³-hybridized carbons (Fsp3) is 0.500. The van der Waals surface area contributed by atoms with E-state index in [4.69, 9.17) is 13.9 Å². The van der Waals surface area contributed by atoms with Crippen LogP contribution in [0, 0.1) is 6.92 Å². The van der Waals surface area contributed by atoms with Gasteiger partial charge in [0.1, 0.15) is 23.9 Å². The van der Waals surface area contributed by atoms with Crippen LogP contribution in [0.2, 0.25) is 0 Å². The van der Waals surface area contributed by atoms with E-state index in [9.17, 15) is 4.79 Å². The molecule has 1 fully saturated rings. The SMILES string of the molecule is Cc1oc2c(c1C(=O)Nc1cccc(OCCN3CCOCC3)c1)CCCC2. The zero-order valence-electron chi connectivity index (χ0n) is 16.5. The Bertz CT molecular complexity index is 824. The van der Waals surface area contributed by atoms with E-state index < -0.39 is 0 Å². The lowest BCUT2D eigenvalue weighted by Crippen LogP contribution is -2.38. The Kier molecular flexibility index (Phi) is 5.98. The van der Waals surface area contributed by atoms with Gasteiger partial charge in [-0.15, -0.1) is 0 Å². The number of hydrogen-bond acceptors (Lipinski definition) is 5. The summed E-state index contributed by atoms with van der Waals surface area (Å²) in [4.78, 5) is 15.2. The standard InChI is InChI=1S/C22H28N2O4/c1-16-21(19-7-2-3-8-20(19)28-16)22(25)23-17-5-4-6-18(15-17)27-14-11-24-9-12-26-13-10-24/h4-6,15H,2-3,7-14H2,1H3,(H,23,25). The zero-order valence-corrected chi connectivity index (χ0v) is 16.5. The summed E-state index contributed by atoms with van der Waals surface area (Å²) >= 11 is 0. The second kappa shape index (κ2) is 8.80. The van der Waals surface area contributed by atoms with E-state index in [1.165, 1.54) is 0 Å². The van der Waals surface area contributed by atoms with Crippen LogP contribution in [-0.4, -0.2) is 50.3 Å². The van der Waals surface area contributed by atoms with Gasteiger partial charge in [-0.1, -0.05) is 6.07 Å². The van der Waals surface area contributed by atoms with Crippen LogP contribution in [0.25, 0.3) is 0 Å². The van der Waals surface area contributed by atoms with E-state index in [0.29, 0.717) is 17.9 Å². The average molecular weight is 384 g/mol. The molecule has 0 radical (unpaired) electrons. The van der Waals surface area contributed by atoms with Gasteiger partial charge >= 0.3 is 0 Å². The van der Waals surface area contributed by atoms with Crippen LogP contribution >= 0.6 is 0 Å². The number of anilines is 1. The minimum Gasteiger partial charge on any atom is -0.492 e. The quantitative estimate of drug-likeness (QED) is 0.827. The van der Waals surface area contributed by atoms with Crippen molar-refractivity contribution in [3.8, 4) is 5.75 Å². The monoisotopic (exact) mass is 384 g/mol. The summed E-state index contributed by atoms with van der Waals surface area (Å²) in [6, 6.07) is 7.57. The third kappa shape index (κ3) is 4.39. The Morgan fingerprint density at radius 1 is 1.21 bits per heavy atom. The number of morpholine rings is 1. The van der Waals surface area contributed by atoms with Crippen LogP contribution in [-0.2, 0) is 17.6 Å². The van der Waals surface area contributed by atoms with Crippen molar-refractivity contribution >= 4 is 11.6 Å². The second-order valence-electron chi connectivity index (χ2n) is 7.43. The third-order valence-electron chi connectivity index (χ3n) is 5.45. The fourth-order valence-electron chi connectivity index (χ4n) is 3.97. The minimum atomic E-state index is -0.102. The highest BCUT2D eigenvalue weighted by Crippen LogP contribution is 2.30. The Morgan fingerprint density at radius 2 is 2.04 bits per heavy atom. The maximum atomic E-state index is 12.9. The lowest BCUT2D eigenvalue weighted by molar-refractivity contribution is 0.0322. The van der Waals surface area contributed by atoms with Gasteiger partial charge in [0.25, 0.3) is 5.91 Å². The van der Waals surface area contributed by atoms with E-state index in [-0.39, 0.29) is 5.91 Å². The summed E-state index contributed by atoms with van der Waals surface area (Å²) in [5.74, 6) is 2.35. The molecule has 150 valence electrons. The maximum absolute atomic E-state index is 12.9. The topological polar surface area (TPSA) is 63.9 Å². The minimum absolute atomic E-state index is 0.102. The second-order valence-corrected chi connectivity index (χ2v) is 7.43. The van der Waals surface area contributed by atoms with Crippen molar-refractivity contribution in [3.05, 3.63) is 46.9 Å². The molecule has 1 saturated heterocycles. The van der Waals surface area contributed by atoms with Crippen LogP contribution in [0.5, 0.6) is 5.75 Å². The molecular weight excluding hydrogens is 356 g/mol. The summed E-state index contributed by atoms with van der Waals surface area (Å²) in [7, 11) is 0. The molecule has 28 heavy (non-hydrogen) atoms. The van der Waals surface area contributed by atoms with Gasteiger partial charge in [0.15, 0.2) is 0 Å². The molecule has 1 aromatic carbocycles. The molecule has 1 aliphatic heterocycles. The number of benzene rings is 1. The Morgan fingerprint density at radius 3 is 2.89 bits per heavy atom. The van der Waals surface area contributed by atoms with E-state index >= 15 is 0 Å². The van der Waals surface area contributed by atoms with E-state index in [0.717, 1.165) is 81.3 Å². The van der Waals surface area contributed by atoms with Gasteiger partial charge in [-0.2, -0.15) is 0 Å². The van der Waals surface area contributed by atoms with Gasteiger partial charge in [0.05, 0.1) is 18.8 Å². The number of fused-ring (bicyclic) bond motifs is 1. The molecule has 2 aromatic rings. The highest BCUT2D eigenvalue weighted by Gasteiger charge is 2.25. The molecule has 1 amide bonds. The van der Waals surface area contributed by atoms with Gasteiger partial charge in [-0.25, -0.2) is 0 Å². The molecule has 0 spiro atoms. The molecule has 1 aliphatic carbocycles. The van der Waals surface area contributed by atoms with Crippen LogP contribution in [0.4, 0.5) is 5.69 Å². The molecular formula is C22H28N2O4. The van der Waals surface area contributed by atoms with Crippen LogP contribution in [0.15, 0.2) is 28.7 Å². The molecule has 6 nitrogen and oxygen atoms in total. The first-order valence-electron chi connectivity index (χ1n) is 10.2. The molecule has 4 rings (SSSR count). The van der Waals surface area contributed by atoms with Crippen LogP contribution < -0.4 is 10.1 Å². The molecule has 0 unspecified atom stereocenters. The molecule has 0 bridgehead atoms. The van der Waals surface area contributed by atoms with Crippen molar-refractivity contribution in [2.75, 3.05) is 44.8 Å². The predicted molar refractivity (Wildman–Crippen MR) is 107 cm³/mol. The van der Waals surface area contributed by atoms with Crippen LogP contribution in [0.1, 0.15) is 40.3 Å². The summed E-state index contributed by atoms with van der Waals surface area (Å²) in [6.45, 7) is 6.85. The summed E-state index contributed by atoms with van der Waals surface area (Å²) in [5.41, 5.74) is 2.52. The lowest BCUT2D eigenvalue weighted by atomic mass is 9.94. The summed E-state index contributed by atoms with van der Waals surface area (Å²) in [5, 5.41) is 3.01. The zero-order chi connectivity index (χ0) is 19.3. The van der Waals surface area contributed by atoms with Crippen molar-refractivity contribution in [3.63, 3.8) is 0 Å². The first kappa shape index (κ1) is 19.0. The number of nitrogens with one attached hydrogen (secondary N) is 1. The van der Waals surface area contributed by atoms with Crippen molar-refractivity contribution in [2.24, 2.45) is 0 Å². The molecule has 0 atom stereocenters. The number of aryl methyl sites for hydroxylation is 2. The Balaban J connectivity index is 1.37. The van der Waals surface area contributed by atoms with Gasteiger partial charge in [-0.3, -0.25) is 9.69 Å². The number of ether oxygens (including phenoxy) is 2. The Labute approximate surface area is 165 Å². The molecule has 2 heterocycles. The van der Waals surface area contributed by atoms with Crippen LogP contribution in [0.3, 0.4) is 0 Å². The maximum Gasteiger partial charge on any atom is 0.259 e. The lowest BCUT2D eigenvalue weighted by Gasteiger charge is -2.26. The number of hydrogen-bond donors (Lipinski definition) is 1. The molecule has 6 heteroatoms. The summed E-state index contributed by atoms with van der Waals surface area (Å²) < 4.78 is 17.1. The van der Waals surface area contributed by atoms with Crippen molar-refractivity contribution < 1.29 is 18.7 Å². The van der Waals surface area contributed by atoms with E-state index in [1.54, 1.807) is 0 Å². The number of amides is 1. The molecule has 2 aliphatic rings. The van der Waals surface area contributed by atoms with E-state index in [1.807, 2.05) is 31.2 Å². The smallest absolute Gasteiger partial charge is 0.259 e. The van der Waals surface area contributed by atoms with Gasteiger partial charge in [0.2, 0.25) is 0 Å². The average Bonchev–Trinajstić information content (AvgIpc) is 3.05. The van der Waals surface area contributed by atoms with Crippen molar-refractivity contribution in [2.45, 2.75) is 32.6 Å². The number of carbonyl (C=O) groups excluding carboxylic acids is 1. The van der Waals surface area contributed by atoms with Gasteiger partial charge in [0, 0.05) is 43.4 Å². The molecule has 1 aromatic heterocycles. The highest BCUT2D eigenvalue weighted by atomic mass is 16.5. The van der Waals surface area contributed by atoms with Gasteiger partial charge in [-0.05, 0) is 38.3 Å². The third-order valence-corrected chi connectivity index (χ3v) is 5.45. The Hall–Kier alpha value is -2.31. The predicted octanol–water partition coefficient (Wildman–Crippen LogP) is 3.43. The first-order valence-corrected chi connectivity index (χ1v) is 10.2. The van der Waals surface area contributed by atoms with Crippen molar-refractivity contribution in [1.29, 1.82) is 0 Å². The number of furan rings is 1. The fourth-order valence-corrected chi connectivity index (χ4v) is 3.97. The normalized spacial score (nSPS) is 17.2. The van der Waals surface area contributed by atoms with E-state index in [2.05, 4.69) is 10.2 Å². The number of nitrogens with zero attached hydrogens (tertiary/aromatic N) is 1. The number of carbonyl (C=O) groups is 1. The molecule has 1 N–H and O–H groups in total. The largest absolute Gasteiger partial charge is 0.492 e. The highest BCUT2D eigenvalue weighted by molar-refractivity contribution is 6.06. The molecule has 0 saturated carbocycles.